The second kappa shape index (κ2) is 13.4. The fraction of sp³-hybridized carbons (Fsp3) is 0.188. The largest absolute Gasteiger partial charge is 0.496 e. The van der Waals surface area contributed by atoms with Crippen molar-refractivity contribution in [2.45, 2.75) is 18.2 Å². The van der Waals surface area contributed by atoms with Crippen molar-refractivity contribution in [2.75, 3.05) is 26.1 Å². The number of fused-ring (bicyclic) bond motifs is 1. The summed E-state index contributed by atoms with van der Waals surface area (Å²) in [6.07, 6.45) is 5.86. The second-order valence-electron chi connectivity index (χ2n) is 10.2. The Kier molecular flexibility index (Phi) is 9.64. The zero-order valence-corrected chi connectivity index (χ0v) is 25.8. The Hall–Kier alpha value is -5.23. The molecule has 1 N–H and O–H groups in total. The third-order valence-electron chi connectivity index (χ3n) is 6.99. The number of nitrogens with zero attached hydrogens (tertiary/aromatic N) is 4. The summed E-state index contributed by atoms with van der Waals surface area (Å²) in [6, 6.07) is 19.7. The van der Waals surface area contributed by atoms with Crippen LogP contribution in [0.1, 0.15) is 27.0 Å². The molecule has 0 aliphatic heterocycles. The van der Waals surface area contributed by atoms with Crippen molar-refractivity contribution < 1.29 is 22.9 Å². The Morgan fingerprint density at radius 2 is 1.73 bits per heavy atom. The third kappa shape index (κ3) is 7.21. The molecule has 2 heterocycles. The number of carbonyl (C=O) groups is 1. The van der Waals surface area contributed by atoms with E-state index in [0.29, 0.717) is 17.7 Å². The van der Waals surface area contributed by atoms with Gasteiger partial charge in [0, 0.05) is 80.4 Å². The van der Waals surface area contributed by atoms with Gasteiger partial charge < -0.3 is 14.2 Å². The van der Waals surface area contributed by atoms with E-state index in [4.69, 9.17) is 4.74 Å². The first kappa shape index (κ1) is 31.7. The van der Waals surface area contributed by atoms with Gasteiger partial charge in [0.2, 0.25) is 0 Å². The molecule has 0 fully saturated rings. The predicted molar refractivity (Wildman–Crippen MR) is 170 cm³/mol. The summed E-state index contributed by atoms with van der Waals surface area (Å²) in [5.74, 6) is -0.382. The molecular weight excluding hydrogens is 582 g/mol. The lowest BCUT2D eigenvalue weighted by Gasteiger charge is -2.12. The molecule has 5 aromatic rings. The average Bonchev–Trinajstić information content (AvgIpc) is 3.31. The SMILES string of the molecule is CN(C)c1ccncc1.COc1cc(C(=O)NS(=O)(=O)c2ccccc2C)ccc1Cc1cn(C)c2ccc([N+](=O)[O-])cc12. The van der Waals surface area contributed by atoms with E-state index >= 15 is 0 Å². The Morgan fingerprint density at radius 3 is 2.34 bits per heavy atom. The fourth-order valence-corrected chi connectivity index (χ4v) is 5.91. The topological polar surface area (TPSA) is 137 Å². The molecule has 2 aromatic heterocycles. The highest BCUT2D eigenvalue weighted by molar-refractivity contribution is 7.90. The number of hydrogen-bond acceptors (Lipinski definition) is 8. The van der Waals surface area contributed by atoms with Crippen molar-refractivity contribution in [3.05, 3.63) is 124 Å². The third-order valence-corrected chi connectivity index (χ3v) is 8.48. The number of amides is 1. The summed E-state index contributed by atoms with van der Waals surface area (Å²) >= 11 is 0. The Balaban J connectivity index is 0.000000421. The number of aromatic nitrogens is 2. The van der Waals surface area contributed by atoms with Gasteiger partial charge in [-0.2, -0.15) is 0 Å². The average molecular weight is 616 g/mol. The maximum atomic E-state index is 12.7. The number of benzene rings is 3. The van der Waals surface area contributed by atoms with Crippen molar-refractivity contribution in [1.29, 1.82) is 0 Å². The molecule has 3 aromatic carbocycles. The second-order valence-corrected chi connectivity index (χ2v) is 11.9. The van der Waals surface area contributed by atoms with Crippen LogP contribution in [0.15, 0.2) is 96.3 Å². The number of hydrogen-bond donors (Lipinski definition) is 1. The van der Waals surface area contributed by atoms with E-state index in [0.717, 1.165) is 22.0 Å². The van der Waals surface area contributed by atoms with E-state index in [1.165, 1.54) is 43.1 Å². The molecule has 228 valence electrons. The summed E-state index contributed by atoms with van der Waals surface area (Å²) < 4.78 is 34.8. The monoisotopic (exact) mass is 615 g/mol. The van der Waals surface area contributed by atoms with Crippen LogP contribution in [0.5, 0.6) is 5.75 Å². The molecular formula is C32H33N5O6S. The minimum absolute atomic E-state index is 0.00111. The molecule has 0 radical (unpaired) electrons. The summed E-state index contributed by atoms with van der Waals surface area (Å²) in [5, 5.41) is 12.0. The maximum Gasteiger partial charge on any atom is 0.270 e. The van der Waals surface area contributed by atoms with Crippen molar-refractivity contribution in [2.24, 2.45) is 7.05 Å². The van der Waals surface area contributed by atoms with Gasteiger partial charge in [0.05, 0.1) is 16.9 Å². The lowest BCUT2D eigenvalue weighted by Crippen LogP contribution is -2.31. The highest BCUT2D eigenvalue weighted by Gasteiger charge is 2.22. The molecule has 0 aliphatic rings. The van der Waals surface area contributed by atoms with Gasteiger partial charge in [0.15, 0.2) is 0 Å². The quantitative estimate of drug-likeness (QED) is 0.184. The number of nitro groups is 1. The predicted octanol–water partition coefficient (Wildman–Crippen LogP) is 5.26. The Morgan fingerprint density at radius 1 is 1.02 bits per heavy atom. The van der Waals surface area contributed by atoms with Crippen molar-refractivity contribution in [1.82, 2.24) is 14.3 Å². The van der Waals surface area contributed by atoms with Crippen molar-refractivity contribution in [3.8, 4) is 5.75 Å². The van der Waals surface area contributed by atoms with Gasteiger partial charge in [0.1, 0.15) is 5.75 Å². The lowest BCUT2D eigenvalue weighted by molar-refractivity contribution is -0.384. The molecule has 0 atom stereocenters. The molecule has 44 heavy (non-hydrogen) atoms. The summed E-state index contributed by atoms with van der Waals surface area (Å²) in [4.78, 5) is 29.5. The number of nitro benzene ring substituents is 1. The zero-order chi connectivity index (χ0) is 32.0. The van der Waals surface area contributed by atoms with Gasteiger partial charge in [-0.15, -0.1) is 0 Å². The van der Waals surface area contributed by atoms with Crippen LogP contribution >= 0.6 is 0 Å². The van der Waals surface area contributed by atoms with Gasteiger partial charge >= 0.3 is 0 Å². The number of anilines is 1. The number of carbonyl (C=O) groups excluding carboxylic acids is 1. The molecule has 1 amide bonds. The molecule has 0 saturated carbocycles. The summed E-state index contributed by atoms with van der Waals surface area (Å²) in [6.45, 7) is 1.65. The first-order valence-electron chi connectivity index (χ1n) is 13.5. The number of sulfonamides is 1. The normalized spacial score (nSPS) is 10.9. The molecule has 12 heteroatoms. The van der Waals surface area contributed by atoms with Crippen LogP contribution in [0.25, 0.3) is 10.9 Å². The minimum Gasteiger partial charge on any atom is -0.496 e. The van der Waals surface area contributed by atoms with Crippen LogP contribution in [0.3, 0.4) is 0 Å². The summed E-state index contributed by atoms with van der Waals surface area (Å²) in [7, 11) is 3.29. The molecule has 0 aliphatic carbocycles. The number of pyridine rings is 1. The minimum atomic E-state index is -4.05. The lowest BCUT2D eigenvalue weighted by atomic mass is 10.0. The van der Waals surface area contributed by atoms with Crippen molar-refractivity contribution >= 4 is 38.2 Å². The van der Waals surface area contributed by atoms with E-state index in [2.05, 4.69) is 9.71 Å². The Labute approximate surface area is 255 Å². The van der Waals surface area contributed by atoms with E-state index in [-0.39, 0.29) is 16.1 Å². The number of methoxy groups -OCH3 is 1. The molecule has 0 unspecified atom stereocenters. The van der Waals surface area contributed by atoms with Crippen molar-refractivity contribution in [3.63, 3.8) is 0 Å². The van der Waals surface area contributed by atoms with Gasteiger partial charge in [0.25, 0.3) is 21.6 Å². The standard InChI is InChI=1S/C25H23N3O6S.C7H10N2/c1-16-6-4-5-7-24(16)35(32,33)26-25(29)18-9-8-17(23(13-18)34-3)12-19-15-27(2)22-11-10-20(28(30)31)14-21(19)22;1-9(2)7-3-5-8-6-4-7/h4-11,13-15H,12H2,1-3H3,(H,26,29);3-6H,1-2H3. The van der Waals surface area contributed by atoms with Gasteiger partial charge in [-0.3, -0.25) is 19.9 Å². The highest BCUT2D eigenvalue weighted by Crippen LogP contribution is 2.30. The fourth-order valence-electron chi connectivity index (χ4n) is 4.69. The number of nitrogens with one attached hydrogen (secondary N) is 1. The Bertz CT molecular complexity index is 1920. The first-order chi connectivity index (χ1) is 20.9. The van der Waals surface area contributed by atoms with Gasteiger partial charge in [-0.1, -0.05) is 24.3 Å². The molecule has 11 nitrogen and oxygen atoms in total. The molecule has 0 spiro atoms. The smallest absolute Gasteiger partial charge is 0.270 e. The number of non-ortho nitro benzene ring substituents is 1. The highest BCUT2D eigenvalue weighted by atomic mass is 32.2. The molecule has 0 saturated heterocycles. The number of rotatable bonds is 8. The van der Waals surface area contributed by atoms with Gasteiger partial charge in [-0.05, 0) is 60.0 Å². The summed E-state index contributed by atoms with van der Waals surface area (Å²) in [5.41, 5.74) is 4.27. The van der Waals surface area contributed by atoms with Crippen LogP contribution in [-0.2, 0) is 23.5 Å². The van der Waals surface area contributed by atoms with E-state index in [1.807, 2.05) is 48.9 Å². The van der Waals surface area contributed by atoms with Crippen LogP contribution in [-0.4, -0.2) is 50.0 Å². The number of aryl methyl sites for hydroxylation is 2. The zero-order valence-electron chi connectivity index (χ0n) is 25.0. The maximum absolute atomic E-state index is 12.7. The van der Waals surface area contributed by atoms with Crippen LogP contribution < -0.4 is 14.4 Å². The van der Waals surface area contributed by atoms with Crippen LogP contribution in [0, 0.1) is 17.0 Å². The van der Waals surface area contributed by atoms with Crippen LogP contribution in [0.4, 0.5) is 11.4 Å². The molecule has 5 rings (SSSR count). The molecule has 0 bridgehead atoms. The van der Waals surface area contributed by atoms with E-state index in [1.54, 1.807) is 49.6 Å². The van der Waals surface area contributed by atoms with E-state index < -0.39 is 20.9 Å². The van der Waals surface area contributed by atoms with Gasteiger partial charge in [-0.25, -0.2) is 13.1 Å². The van der Waals surface area contributed by atoms with E-state index in [9.17, 15) is 23.3 Å². The number of ether oxygens (including phenoxy) is 1. The van der Waals surface area contributed by atoms with Crippen LogP contribution in [0.2, 0.25) is 0 Å². The first-order valence-corrected chi connectivity index (χ1v) is 15.0.